The third-order valence-corrected chi connectivity index (χ3v) is 4.68. The number of likely N-dealkylation sites (N-methyl/N-ethyl adjacent to an activating group) is 1. The summed E-state index contributed by atoms with van der Waals surface area (Å²) in [4.78, 5) is 15.0. The normalized spacial score (nSPS) is 26.8. The van der Waals surface area contributed by atoms with E-state index in [9.17, 15) is 9.18 Å². The first-order valence-electron chi connectivity index (χ1n) is 7.34. The first-order chi connectivity index (χ1) is 9.35. The van der Waals surface area contributed by atoms with Crippen LogP contribution in [0.3, 0.4) is 0 Å². The van der Waals surface area contributed by atoms with Crippen molar-refractivity contribution in [3.8, 4) is 0 Å². The van der Waals surface area contributed by atoms with Gasteiger partial charge in [-0.05, 0) is 76.4 Å². The summed E-state index contributed by atoms with van der Waals surface area (Å²) in [5.41, 5.74) is 0.837. The van der Waals surface area contributed by atoms with Crippen LogP contribution < -0.4 is 0 Å². The van der Waals surface area contributed by atoms with Crippen LogP contribution in [-0.4, -0.2) is 30.3 Å². The lowest BCUT2D eigenvalue weighted by atomic mass is 9.72. The molecule has 0 saturated heterocycles. The number of carbonyl (C=O) groups is 1. The molecule has 1 saturated carbocycles. The number of benzene rings is 1. The molecule has 0 N–H and O–H groups in total. The van der Waals surface area contributed by atoms with E-state index in [4.69, 9.17) is 0 Å². The quantitative estimate of drug-likeness (QED) is 0.783. The molecule has 1 aromatic carbocycles. The van der Waals surface area contributed by atoms with Gasteiger partial charge in [0, 0.05) is 5.56 Å². The molecule has 20 heavy (non-hydrogen) atoms. The van der Waals surface area contributed by atoms with Gasteiger partial charge < -0.3 is 0 Å². The molecule has 0 atom stereocenters. The number of ketones is 1. The molecule has 2 nitrogen and oxygen atoms in total. The Morgan fingerprint density at radius 1 is 1.25 bits per heavy atom. The second kappa shape index (κ2) is 5.65. The maximum Gasteiger partial charge on any atom is 0.183 e. The Kier molecular flexibility index (Phi) is 4.28. The largest absolute Gasteiger partial charge is 0.297 e. The SMILES string of the molecule is Cc1cc(F)cc(C(=O)C2(N(C)C)CCC(C)CC2)c1. The molecule has 1 aromatic rings. The average Bonchev–Trinajstić information content (AvgIpc) is 2.37. The maximum atomic E-state index is 13.6. The highest BCUT2D eigenvalue weighted by Gasteiger charge is 2.43. The van der Waals surface area contributed by atoms with Gasteiger partial charge in [-0.15, -0.1) is 0 Å². The van der Waals surface area contributed by atoms with Gasteiger partial charge in [0.1, 0.15) is 5.82 Å². The summed E-state index contributed by atoms with van der Waals surface area (Å²) >= 11 is 0. The summed E-state index contributed by atoms with van der Waals surface area (Å²) in [6, 6.07) is 4.63. The lowest BCUT2D eigenvalue weighted by Crippen LogP contribution is -2.53. The number of hydrogen-bond donors (Lipinski definition) is 0. The Hall–Kier alpha value is -1.22. The van der Waals surface area contributed by atoms with Crippen molar-refractivity contribution in [3.05, 3.63) is 35.1 Å². The van der Waals surface area contributed by atoms with Crippen LogP contribution in [0.4, 0.5) is 4.39 Å². The highest BCUT2D eigenvalue weighted by molar-refractivity contribution is 6.03. The molecule has 0 bridgehead atoms. The van der Waals surface area contributed by atoms with Crippen molar-refractivity contribution in [2.75, 3.05) is 14.1 Å². The molecule has 0 aliphatic heterocycles. The van der Waals surface area contributed by atoms with Gasteiger partial charge in [0.05, 0.1) is 5.54 Å². The second-order valence-electron chi connectivity index (χ2n) is 6.45. The summed E-state index contributed by atoms with van der Waals surface area (Å²) in [5.74, 6) is 0.411. The van der Waals surface area contributed by atoms with E-state index in [1.54, 1.807) is 6.07 Å². The molecular weight excluding hydrogens is 253 g/mol. The molecule has 0 unspecified atom stereocenters. The monoisotopic (exact) mass is 277 g/mol. The van der Waals surface area contributed by atoms with E-state index < -0.39 is 5.54 Å². The van der Waals surface area contributed by atoms with Crippen molar-refractivity contribution < 1.29 is 9.18 Å². The number of aryl methyl sites for hydroxylation is 1. The number of nitrogens with zero attached hydrogens (tertiary/aromatic N) is 1. The third-order valence-electron chi connectivity index (χ3n) is 4.68. The summed E-state index contributed by atoms with van der Waals surface area (Å²) in [6.07, 6.45) is 3.82. The van der Waals surface area contributed by atoms with Crippen molar-refractivity contribution in [1.29, 1.82) is 0 Å². The molecule has 0 radical (unpaired) electrons. The van der Waals surface area contributed by atoms with Crippen LogP contribution >= 0.6 is 0 Å². The number of halogens is 1. The minimum absolute atomic E-state index is 0.0667. The van der Waals surface area contributed by atoms with Crippen LogP contribution in [0, 0.1) is 18.7 Å². The minimum Gasteiger partial charge on any atom is -0.297 e. The Bertz CT molecular complexity index is 481. The van der Waals surface area contributed by atoms with Crippen molar-refractivity contribution in [1.82, 2.24) is 4.90 Å². The molecule has 2 rings (SSSR count). The van der Waals surface area contributed by atoms with Crippen LogP contribution in [0.2, 0.25) is 0 Å². The maximum absolute atomic E-state index is 13.6. The zero-order chi connectivity index (χ0) is 14.9. The fourth-order valence-corrected chi connectivity index (χ4v) is 3.25. The van der Waals surface area contributed by atoms with Gasteiger partial charge in [0.15, 0.2) is 5.78 Å². The predicted octanol–water partition coefficient (Wildman–Crippen LogP) is 3.83. The van der Waals surface area contributed by atoms with Crippen molar-refractivity contribution in [2.45, 2.75) is 45.1 Å². The molecular formula is C17H24FNO. The topological polar surface area (TPSA) is 20.3 Å². The van der Waals surface area contributed by atoms with Crippen LogP contribution in [0.1, 0.15) is 48.5 Å². The molecule has 1 fully saturated rings. The third kappa shape index (κ3) is 2.78. The van der Waals surface area contributed by atoms with Crippen LogP contribution in [0.25, 0.3) is 0 Å². The molecule has 1 aliphatic rings. The first-order valence-corrected chi connectivity index (χ1v) is 7.34. The Morgan fingerprint density at radius 2 is 1.85 bits per heavy atom. The standard InChI is InChI=1S/C17H24FNO/c1-12-5-7-17(8-6-12,19(3)4)16(20)14-9-13(2)10-15(18)11-14/h9-12H,5-8H2,1-4H3. The summed E-state index contributed by atoms with van der Waals surface area (Å²) in [6.45, 7) is 4.06. The summed E-state index contributed by atoms with van der Waals surface area (Å²) in [5, 5.41) is 0. The van der Waals surface area contributed by atoms with E-state index in [0.717, 1.165) is 31.2 Å². The van der Waals surface area contributed by atoms with E-state index >= 15 is 0 Å². The zero-order valence-electron chi connectivity index (χ0n) is 12.9. The number of Topliss-reactive ketones (excluding diaryl/α,β-unsaturated/α-hetero) is 1. The van der Waals surface area contributed by atoms with Crippen LogP contribution in [0.15, 0.2) is 18.2 Å². The van der Waals surface area contributed by atoms with Crippen LogP contribution in [-0.2, 0) is 0 Å². The molecule has 0 aromatic heterocycles. The van der Waals surface area contributed by atoms with E-state index in [2.05, 4.69) is 6.92 Å². The number of carbonyl (C=O) groups excluding carboxylic acids is 1. The minimum atomic E-state index is -0.466. The zero-order valence-corrected chi connectivity index (χ0v) is 12.9. The fraction of sp³-hybridized carbons (Fsp3) is 0.588. The van der Waals surface area contributed by atoms with E-state index in [0.29, 0.717) is 11.5 Å². The van der Waals surface area contributed by atoms with Crippen molar-refractivity contribution >= 4 is 5.78 Å². The smallest absolute Gasteiger partial charge is 0.183 e. The van der Waals surface area contributed by atoms with Gasteiger partial charge in [-0.3, -0.25) is 9.69 Å². The lowest BCUT2D eigenvalue weighted by Gasteiger charge is -2.43. The van der Waals surface area contributed by atoms with E-state index in [-0.39, 0.29) is 11.6 Å². The van der Waals surface area contributed by atoms with Crippen LogP contribution in [0.5, 0.6) is 0 Å². The lowest BCUT2D eigenvalue weighted by molar-refractivity contribution is 0.0513. The molecule has 3 heteroatoms. The molecule has 1 aliphatic carbocycles. The molecule has 0 amide bonds. The highest BCUT2D eigenvalue weighted by Crippen LogP contribution is 2.37. The average molecular weight is 277 g/mol. The van der Waals surface area contributed by atoms with Gasteiger partial charge in [-0.25, -0.2) is 4.39 Å². The number of hydrogen-bond acceptors (Lipinski definition) is 2. The molecule has 0 heterocycles. The Balaban J connectivity index is 2.37. The van der Waals surface area contributed by atoms with Gasteiger partial charge in [0.2, 0.25) is 0 Å². The van der Waals surface area contributed by atoms with Crippen molar-refractivity contribution in [3.63, 3.8) is 0 Å². The molecule has 110 valence electrons. The predicted molar refractivity (Wildman–Crippen MR) is 79.5 cm³/mol. The Labute approximate surface area is 121 Å². The summed E-state index contributed by atoms with van der Waals surface area (Å²) < 4.78 is 13.6. The fourth-order valence-electron chi connectivity index (χ4n) is 3.25. The van der Waals surface area contributed by atoms with Gasteiger partial charge in [-0.2, -0.15) is 0 Å². The first kappa shape index (κ1) is 15.2. The molecule has 0 spiro atoms. The van der Waals surface area contributed by atoms with E-state index in [1.807, 2.05) is 25.9 Å². The van der Waals surface area contributed by atoms with Gasteiger partial charge in [0.25, 0.3) is 0 Å². The van der Waals surface area contributed by atoms with Gasteiger partial charge >= 0.3 is 0 Å². The second-order valence-corrected chi connectivity index (χ2v) is 6.45. The van der Waals surface area contributed by atoms with Crippen molar-refractivity contribution in [2.24, 2.45) is 5.92 Å². The Morgan fingerprint density at radius 3 is 2.35 bits per heavy atom. The highest BCUT2D eigenvalue weighted by atomic mass is 19.1. The van der Waals surface area contributed by atoms with Gasteiger partial charge in [-0.1, -0.05) is 6.92 Å². The number of rotatable bonds is 3. The summed E-state index contributed by atoms with van der Waals surface area (Å²) in [7, 11) is 3.92. The van der Waals surface area contributed by atoms with E-state index in [1.165, 1.54) is 12.1 Å².